The second-order valence-electron chi connectivity index (χ2n) is 6.96. The molecule has 0 aliphatic carbocycles. The van der Waals surface area contributed by atoms with Crippen molar-refractivity contribution in [1.82, 2.24) is 9.97 Å². The third-order valence-electron chi connectivity index (χ3n) is 4.67. The molecule has 0 atom stereocenters. The molecule has 0 amide bonds. The minimum absolute atomic E-state index is 0.00562. The van der Waals surface area contributed by atoms with Gasteiger partial charge in [0.1, 0.15) is 5.82 Å². The third-order valence-corrected chi connectivity index (χ3v) is 5.34. The van der Waals surface area contributed by atoms with E-state index in [0.717, 1.165) is 17.8 Å². The zero-order valence-corrected chi connectivity index (χ0v) is 18.4. The van der Waals surface area contributed by atoms with Crippen molar-refractivity contribution in [3.63, 3.8) is 0 Å². The van der Waals surface area contributed by atoms with Crippen LogP contribution >= 0.6 is 11.3 Å². The first kappa shape index (κ1) is 22.0. The molecule has 0 saturated heterocycles. The number of ether oxygens (including phenoxy) is 3. The van der Waals surface area contributed by atoms with Crippen molar-refractivity contribution in [1.29, 1.82) is 0 Å². The number of nitrogens with zero attached hydrogens (tertiary/aromatic N) is 3. The summed E-state index contributed by atoms with van der Waals surface area (Å²) < 4.78 is 41.2. The molecule has 8 nitrogen and oxygen atoms in total. The fraction of sp³-hybridized carbons (Fsp3) is 0.333. The predicted octanol–water partition coefficient (Wildman–Crippen LogP) is 4.69. The van der Waals surface area contributed by atoms with E-state index < -0.39 is 6.29 Å². The van der Waals surface area contributed by atoms with E-state index >= 15 is 0 Å². The molecular weight excluding hydrogens is 440 g/mol. The molecular formula is C21H23F2N5O3S. The number of thiophene rings is 1. The molecule has 32 heavy (non-hydrogen) atoms. The number of halogens is 2. The summed E-state index contributed by atoms with van der Waals surface area (Å²) in [6.07, 6.45) is -2.82. The lowest BCUT2D eigenvalue weighted by Gasteiger charge is -2.24. The standard InChI is InChI=1S/C21H23F2N5O3S/c1-24-20-26-14(10-19(27-20)25-7-3-8-29-2)12-28(16-6-9-32-13-16)15-4-5-17-18(11-15)31-21(22,23)30-17/h4-6,9-11,13H,3,7-8,12H2,1-2H3,(H2,24,25,26,27). The highest BCUT2D eigenvalue weighted by atomic mass is 32.1. The van der Waals surface area contributed by atoms with Crippen molar-refractivity contribution in [2.45, 2.75) is 19.3 Å². The highest BCUT2D eigenvalue weighted by molar-refractivity contribution is 7.08. The molecule has 3 aromatic rings. The summed E-state index contributed by atoms with van der Waals surface area (Å²) in [7, 11) is 3.42. The number of hydrogen-bond donors (Lipinski definition) is 2. The first-order valence-electron chi connectivity index (χ1n) is 9.95. The SMILES string of the molecule is CNc1nc(CN(c2ccsc2)c2ccc3c(c2)OC(F)(F)O3)cc(NCCCOC)n1. The van der Waals surface area contributed by atoms with Crippen molar-refractivity contribution >= 4 is 34.5 Å². The van der Waals surface area contributed by atoms with Crippen LogP contribution in [0.15, 0.2) is 41.1 Å². The van der Waals surface area contributed by atoms with E-state index in [1.54, 1.807) is 20.2 Å². The Kier molecular flexibility index (Phi) is 6.56. The Morgan fingerprint density at radius 1 is 1.12 bits per heavy atom. The summed E-state index contributed by atoms with van der Waals surface area (Å²) in [6, 6.07) is 8.55. The molecule has 4 rings (SSSR count). The topological polar surface area (TPSA) is 80.8 Å². The zero-order chi connectivity index (χ0) is 22.6. The highest BCUT2D eigenvalue weighted by Gasteiger charge is 2.43. The maximum Gasteiger partial charge on any atom is 0.586 e. The molecule has 0 saturated carbocycles. The second-order valence-corrected chi connectivity index (χ2v) is 7.74. The second kappa shape index (κ2) is 9.53. The van der Waals surface area contributed by atoms with Crippen molar-refractivity contribution in [2.24, 2.45) is 0 Å². The van der Waals surface area contributed by atoms with E-state index in [4.69, 9.17) is 4.74 Å². The Balaban J connectivity index is 1.61. The van der Waals surface area contributed by atoms with Crippen LogP contribution < -0.4 is 25.0 Å². The normalized spacial score (nSPS) is 13.8. The smallest absolute Gasteiger partial charge is 0.395 e. The molecule has 0 spiro atoms. The number of nitrogens with one attached hydrogen (secondary N) is 2. The molecule has 1 aromatic carbocycles. The molecule has 2 aromatic heterocycles. The van der Waals surface area contributed by atoms with Crippen LogP contribution in [0.1, 0.15) is 12.1 Å². The van der Waals surface area contributed by atoms with Gasteiger partial charge >= 0.3 is 6.29 Å². The minimum Gasteiger partial charge on any atom is -0.395 e. The van der Waals surface area contributed by atoms with Gasteiger partial charge in [0.05, 0.1) is 17.9 Å². The predicted molar refractivity (Wildman–Crippen MR) is 119 cm³/mol. The monoisotopic (exact) mass is 463 g/mol. The highest BCUT2D eigenvalue weighted by Crippen LogP contribution is 2.44. The summed E-state index contributed by atoms with van der Waals surface area (Å²) in [5.41, 5.74) is 2.32. The summed E-state index contributed by atoms with van der Waals surface area (Å²) in [5, 5.41) is 10.2. The lowest BCUT2D eigenvalue weighted by atomic mass is 10.2. The van der Waals surface area contributed by atoms with Gasteiger partial charge < -0.3 is 29.7 Å². The lowest BCUT2D eigenvalue weighted by molar-refractivity contribution is -0.286. The average Bonchev–Trinajstić information content (AvgIpc) is 3.40. The van der Waals surface area contributed by atoms with Crippen LogP contribution in [0.2, 0.25) is 0 Å². The molecule has 0 fully saturated rings. The average molecular weight is 464 g/mol. The Morgan fingerprint density at radius 2 is 1.97 bits per heavy atom. The summed E-state index contributed by atoms with van der Waals surface area (Å²) in [5.74, 6) is 1.16. The molecule has 11 heteroatoms. The van der Waals surface area contributed by atoms with Crippen LogP contribution in [-0.2, 0) is 11.3 Å². The Bertz CT molecular complexity index is 1050. The van der Waals surface area contributed by atoms with Crippen LogP contribution in [-0.4, -0.2) is 43.6 Å². The number of fused-ring (bicyclic) bond motifs is 1. The summed E-state index contributed by atoms with van der Waals surface area (Å²) >= 11 is 1.54. The van der Waals surface area contributed by atoms with E-state index in [-0.39, 0.29) is 11.5 Å². The van der Waals surface area contributed by atoms with Gasteiger partial charge in [-0.15, -0.1) is 8.78 Å². The van der Waals surface area contributed by atoms with Gasteiger partial charge in [-0.1, -0.05) is 0 Å². The van der Waals surface area contributed by atoms with Gasteiger partial charge in [0.2, 0.25) is 5.95 Å². The third kappa shape index (κ3) is 5.17. The van der Waals surface area contributed by atoms with E-state index in [1.807, 2.05) is 27.8 Å². The summed E-state index contributed by atoms with van der Waals surface area (Å²) in [6.45, 7) is 1.74. The quantitative estimate of drug-likeness (QED) is 0.419. The molecule has 0 bridgehead atoms. The Hall–Kier alpha value is -3.18. The fourth-order valence-corrected chi connectivity index (χ4v) is 3.87. The van der Waals surface area contributed by atoms with Gasteiger partial charge in [0.15, 0.2) is 11.5 Å². The minimum atomic E-state index is -3.66. The van der Waals surface area contributed by atoms with Crippen LogP contribution in [0.25, 0.3) is 0 Å². The maximum atomic E-state index is 13.5. The van der Waals surface area contributed by atoms with Gasteiger partial charge in [-0.2, -0.15) is 16.3 Å². The molecule has 0 radical (unpaired) electrons. The zero-order valence-electron chi connectivity index (χ0n) is 17.6. The molecule has 2 N–H and O–H groups in total. The largest absolute Gasteiger partial charge is 0.586 e. The van der Waals surface area contributed by atoms with Crippen LogP contribution in [0.3, 0.4) is 0 Å². The number of rotatable bonds is 10. The number of methoxy groups -OCH3 is 1. The van der Waals surface area contributed by atoms with Crippen molar-refractivity contribution in [2.75, 3.05) is 42.8 Å². The summed E-state index contributed by atoms with van der Waals surface area (Å²) in [4.78, 5) is 11.0. The van der Waals surface area contributed by atoms with Gasteiger partial charge in [-0.3, -0.25) is 0 Å². The van der Waals surface area contributed by atoms with E-state index in [9.17, 15) is 8.78 Å². The maximum absolute atomic E-state index is 13.5. The number of alkyl halides is 2. The number of benzene rings is 1. The molecule has 170 valence electrons. The first-order chi connectivity index (χ1) is 15.5. The molecule has 0 unspecified atom stereocenters. The number of anilines is 4. The van der Waals surface area contributed by atoms with Gasteiger partial charge in [-0.05, 0) is 30.0 Å². The first-order valence-corrected chi connectivity index (χ1v) is 10.9. The van der Waals surface area contributed by atoms with Crippen molar-refractivity contribution in [3.05, 3.63) is 46.8 Å². The Labute approximate surface area is 188 Å². The van der Waals surface area contributed by atoms with Crippen LogP contribution in [0.4, 0.5) is 31.9 Å². The van der Waals surface area contributed by atoms with E-state index in [2.05, 4.69) is 30.1 Å². The Morgan fingerprint density at radius 3 is 2.72 bits per heavy atom. The van der Waals surface area contributed by atoms with Crippen molar-refractivity contribution in [3.8, 4) is 11.5 Å². The van der Waals surface area contributed by atoms with E-state index in [1.165, 1.54) is 23.5 Å². The number of aromatic nitrogens is 2. The molecule has 3 heterocycles. The number of hydrogen-bond acceptors (Lipinski definition) is 9. The molecule has 1 aliphatic rings. The molecule has 1 aliphatic heterocycles. The van der Waals surface area contributed by atoms with Gasteiger partial charge in [0.25, 0.3) is 0 Å². The van der Waals surface area contributed by atoms with E-state index in [0.29, 0.717) is 37.1 Å². The lowest BCUT2D eigenvalue weighted by Crippen LogP contribution is -2.25. The van der Waals surface area contributed by atoms with Gasteiger partial charge in [-0.25, -0.2) is 4.98 Å². The fourth-order valence-electron chi connectivity index (χ4n) is 3.22. The van der Waals surface area contributed by atoms with Crippen molar-refractivity contribution < 1.29 is 23.0 Å². The van der Waals surface area contributed by atoms with Gasteiger partial charge in [0, 0.05) is 50.5 Å². The van der Waals surface area contributed by atoms with Crippen LogP contribution in [0, 0.1) is 0 Å². The van der Waals surface area contributed by atoms with Crippen LogP contribution in [0.5, 0.6) is 11.5 Å².